The Bertz CT molecular complexity index is 1280. The second-order valence-electron chi connectivity index (χ2n) is 7.00. The number of carbonyl (C=O) groups excluding carboxylic acids is 3. The van der Waals surface area contributed by atoms with Crippen LogP contribution in [0.5, 0.6) is 0 Å². The first-order valence-electron chi connectivity index (χ1n) is 9.56. The summed E-state index contributed by atoms with van der Waals surface area (Å²) in [6.07, 6.45) is 4.89. The number of amides is 1. The lowest BCUT2D eigenvalue weighted by Crippen LogP contribution is -2.18. The summed E-state index contributed by atoms with van der Waals surface area (Å²) < 4.78 is 8.20. The molecule has 0 saturated carbocycles. The number of rotatable bonds is 6. The molecule has 0 aliphatic rings. The second-order valence-corrected chi connectivity index (χ2v) is 7.00. The molecule has 0 fully saturated rings. The number of hydrogen-bond acceptors (Lipinski definition) is 5. The van der Waals surface area contributed by atoms with Gasteiger partial charge in [0.05, 0.1) is 12.7 Å². The highest BCUT2D eigenvalue weighted by molar-refractivity contribution is 6.07. The normalized spacial score (nSPS) is 10.8. The molecule has 1 amide bonds. The number of imidazole rings is 1. The molecule has 0 spiro atoms. The molecule has 0 radical (unpaired) electrons. The van der Waals surface area contributed by atoms with E-state index in [9.17, 15) is 14.4 Å². The van der Waals surface area contributed by atoms with Crippen molar-refractivity contribution in [2.75, 3.05) is 12.4 Å². The number of nitrogens with zero attached hydrogens (tertiary/aromatic N) is 3. The third kappa shape index (κ3) is 3.95. The highest BCUT2D eigenvalue weighted by Gasteiger charge is 2.17. The molecular weight excluding hydrogens is 396 g/mol. The number of carbonyl (C=O) groups is 3. The summed E-state index contributed by atoms with van der Waals surface area (Å²) in [5, 5.41) is 3.53. The minimum atomic E-state index is -0.455. The first kappa shape index (κ1) is 20.1. The van der Waals surface area contributed by atoms with Gasteiger partial charge in [-0.25, -0.2) is 9.78 Å². The van der Waals surface area contributed by atoms with E-state index in [1.807, 2.05) is 24.3 Å². The van der Waals surface area contributed by atoms with Gasteiger partial charge in [-0.3, -0.25) is 9.59 Å². The average molecular weight is 416 g/mol. The molecule has 4 aromatic rings. The van der Waals surface area contributed by atoms with Gasteiger partial charge in [-0.05, 0) is 30.3 Å². The number of anilines is 1. The van der Waals surface area contributed by atoms with E-state index in [2.05, 4.69) is 10.3 Å². The number of ketones is 1. The smallest absolute Gasteiger partial charge is 0.340 e. The fraction of sp³-hybridized carbons (Fsp3) is 0.130. The maximum Gasteiger partial charge on any atom is 0.340 e. The van der Waals surface area contributed by atoms with Gasteiger partial charge in [0.1, 0.15) is 6.54 Å². The van der Waals surface area contributed by atoms with Gasteiger partial charge in [0.15, 0.2) is 5.82 Å². The Morgan fingerprint density at radius 1 is 1.06 bits per heavy atom. The van der Waals surface area contributed by atoms with E-state index < -0.39 is 5.97 Å². The zero-order valence-corrected chi connectivity index (χ0v) is 17.0. The van der Waals surface area contributed by atoms with Gasteiger partial charge in [0.2, 0.25) is 11.7 Å². The number of nitrogens with one attached hydrogen (secondary N) is 1. The molecule has 31 heavy (non-hydrogen) atoms. The topological polar surface area (TPSA) is 95.2 Å². The Kier molecular flexibility index (Phi) is 5.36. The maximum atomic E-state index is 12.6. The molecule has 0 saturated heterocycles. The summed E-state index contributed by atoms with van der Waals surface area (Å²) in [5.74, 6) is -0.569. The van der Waals surface area contributed by atoms with Crippen molar-refractivity contribution in [2.45, 2.75) is 6.54 Å². The fourth-order valence-electron chi connectivity index (χ4n) is 3.42. The van der Waals surface area contributed by atoms with Gasteiger partial charge in [-0.2, -0.15) is 0 Å². The number of methoxy groups -OCH3 is 1. The molecule has 0 bridgehead atoms. The Morgan fingerprint density at radius 3 is 2.48 bits per heavy atom. The number of fused-ring (bicyclic) bond motifs is 1. The van der Waals surface area contributed by atoms with Crippen molar-refractivity contribution in [1.82, 2.24) is 14.1 Å². The Labute approximate surface area is 178 Å². The van der Waals surface area contributed by atoms with Crippen molar-refractivity contribution >= 4 is 34.3 Å². The lowest BCUT2D eigenvalue weighted by Gasteiger charge is -2.08. The van der Waals surface area contributed by atoms with Crippen LogP contribution in [0.25, 0.3) is 10.9 Å². The van der Waals surface area contributed by atoms with E-state index >= 15 is 0 Å². The Balaban J connectivity index is 1.49. The van der Waals surface area contributed by atoms with Crippen LogP contribution < -0.4 is 5.32 Å². The van der Waals surface area contributed by atoms with E-state index in [0.29, 0.717) is 22.6 Å². The molecule has 8 heteroatoms. The van der Waals surface area contributed by atoms with Crippen LogP contribution in [-0.4, -0.2) is 38.9 Å². The largest absolute Gasteiger partial charge is 0.465 e. The molecule has 0 unspecified atom stereocenters. The average Bonchev–Trinajstić information content (AvgIpc) is 3.37. The van der Waals surface area contributed by atoms with Crippen LogP contribution in [-0.2, 0) is 23.1 Å². The molecule has 2 heterocycles. The van der Waals surface area contributed by atoms with E-state index in [1.165, 1.54) is 7.11 Å². The Hall–Kier alpha value is -4.20. The van der Waals surface area contributed by atoms with Crippen LogP contribution in [0, 0.1) is 0 Å². The van der Waals surface area contributed by atoms with Crippen LogP contribution in [0.3, 0.4) is 0 Å². The summed E-state index contributed by atoms with van der Waals surface area (Å²) >= 11 is 0. The number of aromatic nitrogens is 3. The zero-order valence-electron chi connectivity index (χ0n) is 17.0. The third-order valence-corrected chi connectivity index (χ3v) is 4.96. The highest BCUT2D eigenvalue weighted by Crippen LogP contribution is 2.22. The molecule has 0 atom stereocenters. The highest BCUT2D eigenvalue weighted by atomic mass is 16.5. The summed E-state index contributed by atoms with van der Waals surface area (Å²) in [5.41, 5.74) is 2.20. The van der Waals surface area contributed by atoms with Crippen molar-refractivity contribution in [2.24, 2.45) is 7.05 Å². The summed E-state index contributed by atoms with van der Waals surface area (Å²) in [7, 11) is 3.08. The first-order valence-corrected chi connectivity index (χ1v) is 9.56. The number of hydrogen-bond donors (Lipinski definition) is 1. The first-order chi connectivity index (χ1) is 15.0. The van der Waals surface area contributed by atoms with E-state index in [0.717, 1.165) is 10.9 Å². The molecule has 8 nitrogen and oxygen atoms in total. The van der Waals surface area contributed by atoms with Crippen molar-refractivity contribution in [1.29, 1.82) is 0 Å². The predicted molar refractivity (Wildman–Crippen MR) is 115 cm³/mol. The molecule has 0 aliphatic heterocycles. The molecule has 1 N–H and O–H groups in total. The van der Waals surface area contributed by atoms with E-state index in [-0.39, 0.29) is 18.2 Å². The molecule has 0 aliphatic carbocycles. The zero-order chi connectivity index (χ0) is 22.0. The van der Waals surface area contributed by atoms with Crippen LogP contribution in [0.4, 0.5) is 5.69 Å². The molecule has 156 valence electrons. The molecule has 2 aromatic heterocycles. The van der Waals surface area contributed by atoms with E-state index in [4.69, 9.17) is 4.74 Å². The van der Waals surface area contributed by atoms with Gasteiger partial charge >= 0.3 is 5.97 Å². The van der Waals surface area contributed by atoms with Crippen molar-refractivity contribution in [3.05, 3.63) is 84.1 Å². The minimum Gasteiger partial charge on any atom is -0.465 e. The summed E-state index contributed by atoms with van der Waals surface area (Å²) in [4.78, 5) is 41.2. The van der Waals surface area contributed by atoms with Crippen LogP contribution in [0.15, 0.2) is 67.1 Å². The van der Waals surface area contributed by atoms with Crippen molar-refractivity contribution < 1.29 is 19.1 Å². The van der Waals surface area contributed by atoms with Crippen LogP contribution in [0.2, 0.25) is 0 Å². The number of esters is 1. The maximum absolute atomic E-state index is 12.6. The standard InChI is InChI=1S/C23H20N4O4/c1-26-12-11-24-22(26)21(29)15-7-9-16(10-8-15)25-20(28)14-27-13-18(23(30)31-2)17-5-3-4-6-19(17)27/h3-13H,14H2,1-2H3,(H,25,28). The molecule has 4 rings (SSSR count). The summed E-state index contributed by atoms with van der Waals surface area (Å²) in [6.45, 7) is 0.0193. The van der Waals surface area contributed by atoms with Gasteiger partial charge < -0.3 is 19.2 Å². The van der Waals surface area contributed by atoms with Gasteiger partial charge in [-0.1, -0.05) is 18.2 Å². The van der Waals surface area contributed by atoms with E-state index in [1.54, 1.807) is 59.0 Å². The predicted octanol–water partition coefficient (Wildman–Crippen LogP) is 3.03. The number of para-hydroxylation sites is 1. The van der Waals surface area contributed by atoms with Crippen LogP contribution in [0.1, 0.15) is 26.5 Å². The minimum absolute atomic E-state index is 0.0193. The van der Waals surface area contributed by atoms with Gasteiger partial charge in [-0.15, -0.1) is 0 Å². The van der Waals surface area contributed by atoms with Crippen LogP contribution >= 0.6 is 0 Å². The van der Waals surface area contributed by atoms with Crippen molar-refractivity contribution in [3.63, 3.8) is 0 Å². The molecular formula is C23H20N4O4. The summed E-state index contributed by atoms with van der Waals surface area (Å²) in [6, 6.07) is 14.0. The quantitative estimate of drug-likeness (QED) is 0.385. The monoisotopic (exact) mass is 416 g/mol. The lowest BCUT2D eigenvalue weighted by molar-refractivity contribution is -0.116. The second kappa shape index (κ2) is 8.27. The number of aryl methyl sites for hydroxylation is 1. The SMILES string of the molecule is COC(=O)c1cn(CC(=O)Nc2ccc(C(=O)c3nccn3C)cc2)c2ccccc12. The van der Waals surface area contributed by atoms with Gasteiger partial charge in [0.25, 0.3) is 0 Å². The third-order valence-electron chi connectivity index (χ3n) is 4.96. The number of ether oxygens (including phenoxy) is 1. The molecule has 2 aromatic carbocycles. The lowest BCUT2D eigenvalue weighted by atomic mass is 10.1. The van der Waals surface area contributed by atoms with Crippen molar-refractivity contribution in [3.8, 4) is 0 Å². The number of benzene rings is 2. The van der Waals surface area contributed by atoms with Gasteiger partial charge in [0, 0.05) is 47.8 Å². The Morgan fingerprint density at radius 2 is 1.81 bits per heavy atom. The fourth-order valence-corrected chi connectivity index (χ4v) is 3.42.